The number of amides is 1. The molecule has 0 aliphatic rings. The van der Waals surface area contributed by atoms with Crippen molar-refractivity contribution in [3.63, 3.8) is 0 Å². The van der Waals surface area contributed by atoms with Crippen LogP contribution in [-0.2, 0) is 0 Å². The Hall–Kier alpha value is -2.49. The van der Waals surface area contributed by atoms with Crippen molar-refractivity contribution in [3.8, 4) is 11.5 Å². The van der Waals surface area contributed by atoms with E-state index in [1.54, 1.807) is 42.5 Å². The first kappa shape index (κ1) is 13.0. The number of hydrogen-bond acceptors (Lipinski definition) is 3. The second kappa shape index (κ2) is 5.91. The van der Waals surface area contributed by atoms with Gasteiger partial charge in [-0.2, -0.15) is 0 Å². The predicted molar refractivity (Wildman–Crippen MR) is 72.1 cm³/mol. The fourth-order valence-electron chi connectivity index (χ4n) is 1.68. The molecule has 0 aliphatic heterocycles. The van der Waals surface area contributed by atoms with Crippen LogP contribution in [0.25, 0.3) is 0 Å². The summed E-state index contributed by atoms with van der Waals surface area (Å²) in [5.41, 5.74) is 0.810. The Morgan fingerprint density at radius 2 is 1.89 bits per heavy atom. The molecule has 1 atom stereocenters. The van der Waals surface area contributed by atoms with Gasteiger partial charge in [-0.3, -0.25) is 0 Å². The van der Waals surface area contributed by atoms with Crippen molar-refractivity contribution >= 4 is 6.09 Å². The summed E-state index contributed by atoms with van der Waals surface area (Å²) in [6, 6.07) is 15.3. The zero-order valence-corrected chi connectivity index (χ0v) is 10.5. The third-order valence-electron chi connectivity index (χ3n) is 2.66. The number of carbonyl (C=O) groups is 1. The second-order valence-corrected chi connectivity index (χ2v) is 4.16. The number of para-hydroxylation sites is 1. The molecule has 0 saturated carbocycles. The molecular weight excluding hydrogens is 242 g/mol. The maximum atomic E-state index is 11.7. The molecule has 2 rings (SSSR count). The van der Waals surface area contributed by atoms with Crippen LogP contribution in [0.2, 0.25) is 0 Å². The van der Waals surface area contributed by atoms with Crippen LogP contribution in [0.15, 0.2) is 54.6 Å². The van der Waals surface area contributed by atoms with Gasteiger partial charge in [0.25, 0.3) is 0 Å². The highest BCUT2D eigenvalue weighted by molar-refractivity contribution is 5.70. The van der Waals surface area contributed by atoms with E-state index in [0.717, 1.165) is 5.56 Å². The predicted octanol–water partition coefficient (Wildman–Crippen LogP) is 3.24. The number of benzene rings is 2. The third-order valence-corrected chi connectivity index (χ3v) is 2.66. The standard InChI is InChI=1S/C15H15NO3/c1-11(12-6-5-7-13(17)10-12)16-15(18)19-14-8-3-2-4-9-14/h2-11,17H,1H3,(H,16,18). The molecule has 0 heterocycles. The molecule has 2 aromatic carbocycles. The largest absolute Gasteiger partial charge is 0.508 e. The van der Waals surface area contributed by atoms with Crippen LogP contribution >= 0.6 is 0 Å². The van der Waals surface area contributed by atoms with Crippen LogP contribution < -0.4 is 10.1 Å². The van der Waals surface area contributed by atoms with Gasteiger partial charge in [-0.15, -0.1) is 0 Å². The molecule has 0 spiro atoms. The Kier molecular flexibility index (Phi) is 4.03. The second-order valence-electron chi connectivity index (χ2n) is 4.16. The van der Waals surface area contributed by atoms with Crippen LogP contribution in [0.5, 0.6) is 11.5 Å². The van der Waals surface area contributed by atoms with Crippen LogP contribution in [0.4, 0.5) is 4.79 Å². The van der Waals surface area contributed by atoms with Gasteiger partial charge in [-0.25, -0.2) is 4.79 Å². The lowest BCUT2D eigenvalue weighted by atomic mass is 10.1. The van der Waals surface area contributed by atoms with Gasteiger partial charge in [0.15, 0.2) is 0 Å². The number of aromatic hydroxyl groups is 1. The minimum absolute atomic E-state index is 0.169. The van der Waals surface area contributed by atoms with E-state index in [0.29, 0.717) is 5.75 Å². The van der Waals surface area contributed by atoms with Crippen molar-refractivity contribution in [1.29, 1.82) is 0 Å². The van der Waals surface area contributed by atoms with Gasteiger partial charge in [0, 0.05) is 0 Å². The van der Waals surface area contributed by atoms with Crippen molar-refractivity contribution in [3.05, 3.63) is 60.2 Å². The molecule has 4 heteroatoms. The molecule has 0 saturated heterocycles. The van der Waals surface area contributed by atoms with Crippen LogP contribution in [0, 0.1) is 0 Å². The summed E-state index contributed by atoms with van der Waals surface area (Å²) in [5, 5.41) is 12.1. The lowest BCUT2D eigenvalue weighted by Crippen LogP contribution is -2.29. The minimum Gasteiger partial charge on any atom is -0.508 e. The highest BCUT2D eigenvalue weighted by Gasteiger charge is 2.11. The van der Waals surface area contributed by atoms with E-state index < -0.39 is 6.09 Å². The van der Waals surface area contributed by atoms with Crippen molar-refractivity contribution < 1.29 is 14.6 Å². The number of hydrogen-bond donors (Lipinski definition) is 2. The maximum Gasteiger partial charge on any atom is 0.413 e. The van der Waals surface area contributed by atoms with Crippen LogP contribution in [0.1, 0.15) is 18.5 Å². The zero-order valence-electron chi connectivity index (χ0n) is 10.5. The molecule has 1 amide bonds. The van der Waals surface area contributed by atoms with E-state index in [1.807, 2.05) is 19.1 Å². The number of carbonyl (C=O) groups excluding carboxylic acids is 1. The van der Waals surface area contributed by atoms with Gasteiger partial charge in [-0.05, 0) is 36.8 Å². The van der Waals surface area contributed by atoms with Gasteiger partial charge >= 0.3 is 6.09 Å². The molecule has 2 N–H and O–H groups in total. The summed E-state index contributed by atoms with van der Waals surface area (Å²) in [6.45, 7) is 1.82. The van der Waals surface area contributed by atoms with Crippen molar-refractivity contribution in [2.45, 2.75) is 13.0 Å². The fourth-order valence-corrected chi connectivity index (χ4v) is 1.68. The number of phenols is 1. The van der Waals surface area contributed by atoms with Crippen molar-refractivity contribution in [1.82, 2.24) is 5.32 Å². The summed E-state index contributed by atoms with van der Waals surface area (Å²) in [5.74, 6) is 0.658. The molecule has 98 valence electrons. The van der Waals surface area contributed by atoms with Gasteiger partial charge in [0.2, 0.25) is 0 Å². The van der Waals surface area contributed by atoms with Gasteiger partial charge in [0.1, 0.15) is 11.5 Å². The maximum absolute atomic E-state index is 11.7. The summed E-state index contributed by atoms with van der Waals surface area (Å²) in [7, 11) is 0. The van der Waals surface area contributed by atoms with Gasteiger partial charge in [-0.1, -0.05) is 30.3 Å². The smallest absolute Gasteiger partial charge is 0.413 e. The van der Waals surface area contributed by atoms with E-state index in [1.165, 1.54) is 0 Å². The first-order valence-electron chi connectivity index (χ1n) is 5.97. The van der Waals surface area contributed by atoms with E-state index in [9.17, 15) is 9.90 Å². The first-order chi connectivity index (χ1) is 9.15. The lowest BCUT2D eigenvalue weighted by Gasteiger charge is -2.14. The Labute approximate surface area is 111 Å². The minimum atomic E-state index is -0.526. The van der Waals surface area contributed by atoms with E-state index in [-0.39, 0.29) is 11.8 Å². The Balaban J connectivity index is 1.95. The average molecular weight is 257 g/mol. The topological polar surface area (TPSA) is 58.6 Å². The highest BCUT2D eigenvalue weighted by Crippen LogP contribution is 2.18. The molecule has 4 nitrogen and oxygen atoms in total. The quantitative estimate of drug-likeness (QED) is 0.887. The summed E-state index contributed by atoms with van der Waals surface area (Å²) in [4.78, 5) is 11.7. The van der Waals surface area contributed by atoms with Crippen LogP contribution in [-0.4, -0.2) is 11.2 Å². The van der Waals surface area contributed by atoms with Gasteiger partial charge < -0.3 is 15.2 Å². The monoisotopic (exact) mass is 257 g/mol. The molecule has 0 fully saturated rings. The third kappa shape index (κ3) is 3.74. The molecule has 0 aliphatic carbocycles. The number of rotatable bonds is 3. The summed E-state index contributed by atoms with van der Waals surface area (Å²) in [6.07, 6.45) is -0.526. The molecule has 2 aromatic rings. The van der Waals surface area contributed by atoms with E-state index in [4.69, 9.17) is 4.74 Å². The normalized spacial score (nSPS) is 11.6. The first-order valence-corrected chi connectivity index (χ1v) is 5.97. The average Bonchev–Trinajstić information content (AvgIpc) is 2.39. The summed E-state index contributed by atoms with van der Waals surface area (Å²) < 4.78 is 5.12. The zero-order chi connectivity index (χ0) is 13.7. The molecule has 1 unspecified atom stereocenters. The SMILES string of the molecule is CC(NC(=O)Oc1ccccc1)c1cccc(O)c1. The number of phenolic OH excluding ortho intramolecular Hbond substituents is 1. The fraction of sp³-hybridized carbons (Fsp3) is 0.133. The summed E-state index contributed by atoms with van der Waals surface area (Å²) >= 11 is 0. The van der Waals surface area contributed by atoms with Crippen LogP contribution in [0.3, 0.4) is 0 Å². The highest BCUT2D eigenvalue weighted by atomic mass is 16.6. The van der Waals surface area contributed by atoms with Gasteiger partial charge in [0.05, 0.1) is 6.04 Å². The molecule has 0 radical (unpaired) electrons. The van der Waals surface area contributed by atoms with E-state index in [2.05, 4.69) is 5.32 Å². The molecule has 0 bridgehead atoms. The Bertz CT molecular complexity index is 554. The van der Waals surface area contributed by atoms with Crippen molar-refractivity contribution in [2.24, 2.45) is 0 Å². The number of nitrogens with one attached hydrogen (secondary N) is 1. The Morgan fingerprint density at radius 3 is 2.58 bits per heavy atom. The Morgan fingerprint density at radius 1 is 1.16 bits per heavy atom. The van der Waals surface area contributed by atoms with E-state index >= 15 is 0 Å². The lowest BCUT2D eigenvalue weighted by molar-refractivity contribution is 0.197. The molecule has 19 heavy (non-hydrogen) atoms. The molecular formula is C15H15NO3. The number of ether oxygens (including phenoxy) is 1. The van der Waals surface area contributed by atoms with Crippen molar-refractivity contribution in [2.75, 3.05) is 0 Å². The molecule has 0 aromatic heterocycles.